The van der Waals surface area contributed by atoms with Gasteiger partial charge in [-0.15, -0.1) is 0 Å². The van der Waals surface area contributed by atoms with Crippen LogP contribution in [0.5, 0.6) is 0 Å². The Kier molecular flexibility index (Phi) is 2.84. The second kappa shape index (κ2) is 4.72. The van der Waals surface area contributed by atoms with E-state index in [1.165, 1.54) is 0 Å². The maximum atomic E-state index is 12.8. The number of allylic oxidation sites excluding steroid dienone is 2. The van der Waals surface area contributed by atoms with E-state index >= 15 is 0 Å². The number of ether oxygens (including phenoxy) is 2. The Morgan fingerprint density at radius 2 is 2.00 bits per heavy atom. The molecule has 0 N–H and O–H groups in total. The summed E-state index contributed by atoms with van der Waals surface area (Å²) < 4.78 is 11.2. The highest BCUT2D eigenvalue weighted by atomic mass is 16.7. The topological polar surface area (TPSA) is 55.8 Å². The van der Waals surface area contributed by atoms with Gasteiger partial charge in [0.05, 0.1) is 18.8 Å². The van der Waals surface area contributed by atoms with Crippen molar-refractivity contribution in [3.05, 3.63) is 36.5 Å². The van der Waals surface area contributed by atoms with Crippen LogP contribution in [-0.2, 0) is 19.1 Å². The molecule has 2 bridgehead atoms. The molecule has 0 spiro atoms. The van der Waals surface area contributed by atoms with Gasteiger partial charge in [0, 0.05) is 29.8 Å². The van der Waals surface area contributed by atoms with Gasteiger partial charge in [-0.2, -0.15) is 0 Å². The molecule has 4 aliphatic heterocycles. The van der Waals surface area contributed by atoms with Crippen molar-refractivity contribution >= 4 is 11.6 Å². The molecule has 3 saturated heterocycles. The molecular formula is C18H19NO4. The summed E-state index contributed by atoms with van der Waals surface area (Å²) in [6, 6.07) is -0.175. The van der Waals surface area contributed by atoms with E-state index in [1.54, 1.807) is 6.92 Å². The van der Waals surface area contributed by atoms with E-state index in [-0.39, 0.29) is 53.5 Å². The van der Waals surface area contributed by atoms with Gasteiger partial charge >= 0.3 is 0 Å². The highest BCUT2D eigenvalue weighted by Crippen LogP contribution is 2.49. The number of fused-ring (bicyclic) bond motifs is 8. The van der Waals surface area contributed by atoms with Crippen LogP contribution in [0.25, 0.3) is 0 Å². The fourth-order valence-corrected chi connectivity index (χ4v) is 5.13. The summed E-state index contributed by atoms with van der Waals surface area (Å²) in [5.74, 6) is 0.0722. The van der Waals surface area contributed by atoms with Crippen LogP contribution in [0.2, 0.25) is 0 Å². The Bertz CT molecular complexity index is 666. The summed E-state index contributed by atoms with van der Waals surface area (Å²) >= 11 is 0. The van der Waals surface area contributed by atoms with Crippen LogP contribution in [-0.4, -0.2) is 53.6 Å². The van der Waals surface area contributed by atoms with E-state index in [2.05, 4.69) is 29.2 Å². The lowest BCUT2D eigenvalue weighted by Crippen LogP contribution is -2.52. The molecule has 1 aliphatic carbocycles. The van der Waals surface area contributed by atoms with Gasteiger partial charge in [0.25, 0.3) is 0 Å². The third kappa shape index (κ3) is 1.73. The number of carbonyl (C=O) groups excluding carboxylic acids is 2. The molecule has 5 aliphatic rings. The van der Waals surface area contributed by atoms with Crippen LogP contribution in [0.4, 0.5) is 0 Å². The molecule has 3 fully saturated rings. The molecule has 0 aromatic carbocycles. The summed E-state index contributed by atoms with van der Waals surface area (Å²) in [6.45, 7) is 2.04. The zero-order valence-corrected chi connectivity index (χ0v) is 12.9. The number of hydrogen-bond donors (Lipinski definition) is 0. The first kappa shape index (κ1) is 13.8. The highest BCUT2D eigenvalue weighted by Gasteiger charge is 2.64. The number of nitrogens with zero attached hydrogens (tertiary/aromatic N) is 1. The van der Waals surface area contributed by atoms with Crippen LogP contribution in [0.3, 0.4) is 0 Å². The quantitative estimate of drug-likeness (QED) is 0.672. The molecule has 5 rings (SSSR count). The largest absolute Gasteiger partial charge is 0.343 e. The monoisotopic (exact) mass is 313 g/mol. The van der Waals surface area contributed by atoms with Crippen molar-refractivity contribution in [3.63, 3.8) is 0 Å². The molecule has 23 heavy (non-hydrogen) atoms. The lowest BCUT2D eigenvalue weighted by atomic mass is 9.78. The summed E-state index contributed by atoms with van der Waals surface area (Å²) in [6.07, 6.45) is 11.8. The minimum absolute atomic E-state index is 0.000862. The van der Waals surface area contributed by atoms with Crippen molar-refractivity contribution in [1.82, 2.24) is 4.90 Å². The van der Waals surface area contributed by atoms with Gasteiger partial charge in [-0.3, -0.25) is 14.5 Å². The number of carbonyl (C=O) groups is 2. The fraction of sp³-hybridized carbons (Fsp3) is 0.556. The standard InChI is InChI=1S/C18H19NO4/c1-9(20)16-15-13-8-22-18(23-13)17(21)14(15)12-7-6-10-4-2-3-5-11(10)19(12)16/h2-7,10-16,18H,8H2,1H3/t10-,11-,12+,13-,14+,15+,16+,18-/m0/s1. The van der Waals surface area contributed by atoms with Gasteiger partial charge in [-0.05, 0) is 6.92 Å². The first-order valence-electron chi connectivity index (χ1n) is 8.29. The number of ketones is 2. The summed E-state index contributed by atoms with van der Waals surface area (Å²) in [4.78, 5) is 27.5. The number of Topliss-reactive ketones (excluding diaryl/α,β-unsaturated/α-hetero) is 2. The molecule has 4 heterocycles. The smallest absolute Gasteiger partial charge is 0.218 e. The van der Waals surface area contributed by atoms with Crippen LogP contribution < -0.4 is 0 Å². The lowest BCUT2D eigenvalue weighted by Gasteiger charge is -2.41. The molecule has 0 aromatic heterocycles. The van der Waals surface area contributed by atoms with Crippen LogP contribution in [0, 0.1) is 17.8 Å². The van der Waals surface area contributed by atoms with E-state index in [9.17, 15) is 9.59 Å². The van der Waals surface area contributed by atoms with Crippen molar-refractivity contribution in [1.29, 1.82) is 0 Å². The van der Waals surface area contributed by atoms with Crippen molar-refractivity contribution in [2.45, 2.75) is 37.4 Å². The van der Waals surface area contributed by atoms with E-state index < -0.39 is 6.29 Å². The van der Waals surface area contributed by atoms with Gasteiger partial charge in [0.2, 0.25) is 6.29 Å². The Morgan fingerprint density at radius 1 is 1.17 bits per heavy atom. The first-order valence-corrected chi connectivity index (χ1v) is 8.29. The third-order valence-corrected chi connectivity index (χ3v) is 5.95. The Labute approximate surface area is 134 Å². The van der Waals surface area contributed by atoms with Gasteiger partial charge < -0.3 is 9.47 Å². The maximum absolute atomic E-state index is 12.8. The molecule has 120 valence electrons. The van der Waals surface area contributed by atoms with E-state index in [0.29, 0.717) is 6.61 Å². The predicted octanol–water partition coefficient (Wildman–Crippen LogP) is 0.865. The van der Waals surface area contributed by atoms with E-state index in [1.807, 2.05) is 12.2 Å². The molecule has 0 aromatic rings. The second-order valence-electron chi connectivity index (χ2n) is 7.06. The third-order valence-electron chi connectivity index (χ3n) is 5.95. The predicted molar refractivity (Wildman–Crippen MR) is 81.4 cm³/mol. The second-order valence-corrected chi connectivity index (χ2v) is 7.06. The van der Waals surface area contributed by atoms with Gasteiger partial charge in [0.15, 0.2) is 5.78 Å². The summed E-state index contributed by atoms with van der Waals surface area (Å²) in [7, 11) is 0. The molecule has 0 saturated carbocycles. The normalized spacial score (nSPS) is 49.9. The maximum Gasteiger partial charge on any atom is 0.218 e. The number of rotatable bonds is 1. The molecular weight excluding hydrogens is 294 g/mol. The Morgan fingerprint density at radius 3 is 2.83 bits per heavy atom. The molecule has 5 nitrogen and oxygen atoms in total. The highest BCUT2D eigenvalue weighted by molar-refractivity contribution is 5.91. The van der Waals surface area contributed by atoms with Crippen molar-refractivity contribution < 1.29 is 19.1 Å². The lowest BCUT2D eigenvalue weighted by molar-refractivity contribution is -0.164. The zero-order chi connectivity index (χ0) is 15.7. The molecule has 8 atom stereocenters. The summed E-state index contributed by atoms with van der Waals surface area (Å²) in [5, 5.41) is 0. The van der Waals surface area contributed by atoms with E-state index in [4.69, 9.17) is 9.47 Å². The minimum Gasteiger partial charge on any atom is -0.343 e. The SMILES string of the molecule is CC(=O)[C@@H]1[C@H]2[C@H](C(=O)[C@H]3OC[C@@H]2O3)[C@H]2C=C[C@@H]3C=CC=C[C@@H]3N21. The van der Waals surface area contributed by atoms with Crippen molar-refractivity contribution in [2.75, 3.05) is 6.61 Å². The molecule has 5 heteroatoms. The van der Waals surface area contributed by atoms with Crippen LogP contribution in [0.15, 0.2) is 36.5 Å². The van der Waals surface area contributed by atoms with E-state index in [0.717, 1.165) is 0 Å². The van der Waals surface area contributed by atoms with Crippen LogP contribution in [0.1, 0.15) is 6.92 Å². The fourth-order valence-electron chi connectivity index (χ4n) is 5.13. The Hall–Kier alpha value is -1.56. The van der Waals surface area contributed by atoms with Crippen LogP contribution >= 0.6 is 0 Å². The molecule has 0 radical (unpaired) electrons. The summed E-state index contributed by atoms with van der Waals surface area (Å²) in [5.41, 5.74) is 0. The molecule has 0 amide bonds. The van der Waals surface area contributed by atoms with Gasteiger partial charge in [0.1, 0.15) is 5.78 Å². The van der Waals surface area contributed by atoms with Gasteiger partial charge in [-0.25, -0.2) is 0 Å². The minimum atomic E-state index is -0.735. The molecule has 0 unspecified atom stereocenters. The van der Waals surface area contributed by atoms with Crippen molar-refractivity contribution in [3.8, 4) is 0 Å². The Balaban J connectivity index is 1.63. The number of hydrogen-bond acceptors (Lipinski definition) is 5. The van der Waals surface area contributed by atoms with Gasteiger partial charge in [-0.1, -0.05) is 36.5 Å². The zero-order valence-electron chi connectivity index (χ0n) is 12.9. The average Bonchev–Trinajstić information content (AvgIpc) is 3.13. The average molecular weight is 313 g/mol. The first-order chi connectivity index (χ1) is 11.2. The van der Waals surface area contributed by atoms with Crippen molar-refractivity contribution in [2.24, 2.45) is 17.8 Å².